The molecule has 0 aliphatic rings. The van der Waals surface area contributed by atoms with Gasteiger partial charge in [-0.3, -0.25) is 9.69 Å². The molecule has 1 N–H and O–H groups in total. The third-order valence-electron chi connectivity index (χ3n) is 3.36. The molecule has 1 aromatic carbocycles. The molecule has 0 unspecified atom stereocenters. The molecule has 0 saturated heterocycles. The zero-order valence-corrected chi connectivity index (χ0v) is 13.9. The van der Waals surface area contributed by atoms with Crippen LogP contribution < -0.4 is 10.1 Å². The van der Waals surface area contributed by atoms with Crippen molar-refractivity contribution in [2.45, 2.75) is 33.2 Å². The molecule has 0 bridgehead atoms. The van der Waals surface area contributed by atoms with Crippen LogP contribution in [0.25, 0.3) is 0 Å². The Kier molecular flexibility index (Phi) is 8.16. The fourth-order valence-electron chi connectivity index (χ4n) is 2.07. The third-order valence-corrected chi connectivity index (χ3v) is 3.60. The number of amides is 1. The van der Waals surface area contributed by atoms with Gasteiger partial charge in [0.05, 0.1) is 13.7 Å². The molecular weight excluding hydrogens is 288 g/mol. The highest BCUT2D eigenvalue weighted by molar-refractivity contribution is 6.30. The molecule has 0 spiro atoms. The minimum Gasteiger partial charge on any atom is -0.496 e. The van der Waals surface area contributed by atoms with Gasteiger partial charge in [-0.25, -0.2) is 0 Å². The van der Waals surface area contributed by atoms with Crippen LogP contribution in [-0.2, 0) is 11.3 Å². The number of halogens is 1. The van der Waals surface area contributed by atoms with Crippen LogP contribution >= 0.6 is 11.6 Å². The molecule has 0 aromatic heterocycles. The number of nitrogens with zero attached hydrogens (tertiary/aromatic N) is 1. The largest absolute Gasteiger partial charge is 0.496 e. The first-order valence-corrected chi connectivity index (χ1v) is 7.80. The third kappa shape index (κ3) is 6.36. The normalized spacial score (nSPS) is 10.7. The van der Waals surface area contributed by atoms with E-state index in [4.69, 9.17) is 16.3 Å². The van der Waals surface area contributed by atoms with Gasteiger partial charge in [0.25, 0.3) is 0 Å². The van der Waals surface area contributed by atoms with Gasteiger partial charge in [-0.1, -0.05) is 31.9 Å². The maximum Gasteiger partial charge on any atom is 0.234 e. The molecule has 0 fully saturated rings. The zero-order valence-electron chi connectivity index (χ0n) is 13.1. The second kappa shape index (κ2) is 9.64. The average molecular weight is 313 g/mol. The molecule has 0 saturated carbocycles. The van der Waals surface area contributed by atoms with Crippen LogP contribution in [0.5, 0.6) is 5.75 Å². The average Bonchev–Trinajstić information content (AvgIpc) is 2.49. The summed E-state index contributed by atoms with van der Waals surface area (Å²) in [5, 5.41) is 3.56. The Labute approximate surface area is 132 Å². The van der Waals surface area contributed by atoms with Crippen LogP contribution in [-0.4, -0.2) is 37.6 Å². The van der Waals surface area contributed by atoms with Gasteiger partial charge in [0, 0.05) is 17.1 Å². The molecule has 1 rings (SSSR count). The first kappa shape index (κ1) is 17.8. The van der Waals surface area contributed by atoms with Crippen molar-refractivity contribution in [2.75, 3.05) is 26.7 Å². The molecule has 1 amide bonds. The number of unbranched alkanes of at least 4 members (excludes halogenated alkanes) is 1. The van der Waals surface area contributed by atoms with Gasteiger partial charge in [0.15, 0.2) is 0 Å². The lowest BCUT2D eigenvalue weighted by molar-refractivity contribution is -0.122. The number of rotatable bonds is 9. The fraction of sp³-hybridized carbons (Fsp3) is 0.562. The van der Waals surface area contributed by atoms with E-state index in [1.54, 1.807) is 13.2 Å². The summed E-state index contributed by atoms with van der Waals surface area (Å²) in [6.07, 6.45) is 2.25. The highest BCUT2D eigenvalue weighted by Crippen LogP contribution is 2.22. The van der Waals surface area contributed by atoms with E-state index < -0.39 is 0 Å². The lowest BCUT2D eigenvalue weighted by Gasteiger charge is -2.19. The van der Waals surface area contributed by atoms with Gasteiger partial charge in [-0.2, -0.15) is 0 Å². The van der Waals surface area contributed by atoms with Gasteiger partial charge >= 0.3 is 0 Å². The Morgan fingerprint density at radius 2 is 2.14 bits per heavy atom. The standard InChI is InChI=1S/C16H25ClN2O2/c1-4-6-9-19(5-2)12-16(20)18-11-13-10-14(17)7-8-15(13)21-3/h7-8,10H,4-6,9,11-12H2,1-3H3,(H,18,20). The number of hydrogen-bond donors (Lipinski definition) is 1. The number of nitrogens with one attached hydrogen (secondary N) is 1. The predicted octanol–water partition coefficient (Wildman–Crippen LogP) is 3.09. The molecule has 5 heteroatoms. The van der Waals surface area contributed by atoms with Crippen molar-refractivity contribution in [3.8, 4) is 5.75 Å². The van der Waals surface area contributed by atoms with E-state index in [0.29, 0.717) is 18.1 Å². The topological polar surface area (TPSA) is 41.6 Å². The van der Waals surface area contributed by atoms with E-state index in [1.807, 2.05) is 12.1 Å². The van der Waals surface area contributed by atoms with E-state index in [9.17, 15) is 4.79 Å². The monoisotopic (exact) mass is 312 g/mol. The molecule has 4 nitrogen and oxygen atoms in total. The summed E-state index contributed by atoms with van der Waals surface area (Å²) in [5.41, 5.74) is 0.884. The lowest BCUT2D eigenvalue weighted by atomic mass is 10.2. The molecule has 0 aliphatic carbocycles. The first-order valence-electron chi connectivity index (χ1n) is 7.42. The smallest absolute Gasteiger partial charge is 0.234 e. The molecule has 0 radical (unpaired) electrons. The highest BCUT2D eigenvalue weighted by atomic mass is 35.5. The van der Waals surface area contributed by atoms with E-state index in [1.165, 1.54) is 0 Å². The summed E-state index contributed by atoms with van der Waals surface area (Å²) in [7, 11) is 1.61. The number of ether oxygens (including phenoxy) is 1. The van der Waals surface area contributed by atoms with E-state index in [0.717, 1.165) is 37.2 Å². The number of hydrogen-bond acceptors (Lipinski definition) is 3. The maximum atomic E-state index is 12.0. The lowest BCUT2D eigenvalue weighted by Crippen LogP contribution is -2.37. The molecule has 0 aliphatic heterocycles. The van der Waals surface area contributed by atoms with Gasteiger partial charge in [0.1, 0.15) is 5.75 Å². The Morgan fingerprint density at radius 3 is 2.76 bits per heavy atom. The number of carbonyl (C=O) groups is 1. The van der Waals surface area contributed by atoms with Gasteiger partial charge in [-0.15, -0.1) is 0 Å². The number of methoxy groups -OCH3 is 1. The summed E-state index contributed by atoms with van der Waals surface area (Å²) in [6, 6.07) is 5.40. The maximum absolute atomic E-state index is 12.0. The van der Waals surface area contributed by atoms with Gasteiger partial charge < -0.3 is 10.1 Å². The minimum atomic E-state index is 0.0231. The van der Waals surface area contributed by atoms with E-state index in [2.05, 4.69) is 24.1 Å². The SMILES string of the molecule is CCCCN(CC)CC(=O)NCc1cc(Cl)ccc1OC. The van der Waals surface area contributed by atoms with Gasteiger partial charge in [-0.05, 0) is 37.7 Å². The summed E-state index contributed by atoms with van der Waals surface area (Å²) >= 11 is 5.98. The molecule has 0 heterocycles. The van der Waals surface area contributed by atoms with Crippen LogP contribution in [0, 0.1) is 0 Å². The Morgan fingerprint density at radius 1 is 1.38 bits per heavy atom. The van der Waals surface area contributed by atoms with Gasteiger partial charge in [0.2, 0.25) is 5.91 Å². The summed E-state index contributed by atoms with van der Waals surface area (Å²) in [5.74, 6) is 0.757. The minimum absolute atomic E-state index is 0.0231. The van der Waals surface area contributed by atoms with Crippen molar-refractivity contribution in [1.82, 2.24) is 10.2 Å². The molecule has 0 atom stereocenters. The molecule has 118 valence electrons. The number of likely N-dealkylation sites (N-methyl/N-ethyl adjacent to an activating group) is 1. The van der Waals surface area contributed by atoms with Crippen molar-refractivity contribution in [3.05, 3.63) is 28.8 Å². The predicted molar refractivity (Wildman–Crippen MR) is 86.9 cm³/mol. The van der Waals surface area contributed by atoms with Crippen LogP contribution in [0.4, 0.5) is 0 Å². The van der Waals surface area contributed by atoms with Crippen molar-refractivity contribution in [1.29, 1.82) is 0 Å². The second-order valence-corrected chi connectivity index (χ2v) is 5.39. The van der Waals surface area contributed by atoms with E-state index >= 15 is 0 Å². The number of carbonyl (C=O) groups excluding carboxylic acids is 1. The fourth-order valence-corrected chi connectivity index (χ4v) is 2.26. The Balaban J connectivity index is 2.50. The van der Waals surface area contributed by atoms with Crippen molar-refractivity contribution >= 4 is 17.5 Å². The summed E-state index contributed by atoms with van der Waals surface area (Å²) < 4.78 is 5.27. The molecule has 1 aromatic rings. The van der Waals surface area contributed by atoms with E-state index in [-0.39, 0.29) is 5.91 Å². The van der Waals surface area contributed by atoms with Crippen molar-refractivity contribution in [3.63, 3.8) is 0 Å². The van der Waals surface area contributed by atoms with Crippen LogP contribution in [0.3, 0.4) is 0 Å². The zero-order chi connectivity index (χ0) is 15.7. The highest BCUT2D eigenvalue weighted by Gasteiger charge is 2.10. The Bertz CT molecular complexity index is 452. The summed E-state index contributed by atoms with van der Waals surface area (Å²) in [4.78, 5) is 14.2. The molecule has 21 heavy (non-hydrogen) atoms. The van der Waals surface area contributed by atoms with Crippen LogP contribution in [0.1, 0.15) is 32.3 Å². The van der Waals surface area contributed by atoms with Crippen molar-refractivity contribution in [2.24, 2.45) is 0 Å². The van der Waals surface area contributed by atoms with Crippen molar-refractivity contribution < 1.29 is 9.53 Å². The quantitative estimate of drug-likeness (QED) is 0.762. The Hall–Kier alpha value is -1.26. The second-order valence-electron chi connectivity index (χ2n) is 4.96. The summed E-state index contributed by atoms with van der Waals surface area (Å²) in [6.45, 7) is 6.92. The number of benzene rings is 1. The molecular formula is C16H25ClN2O2. The van der Waals surface area contributed by atoms with Crippen LogP contribution in [0.15, 0.2) is 18.2 Å². The van der Waals surface area contributed by atoms with Crippen LogP contribution in [0.2, 0.25) is 5.02 Å². The first-order chi connectivity index (χ1) is 10.1.